The largest absolute Gasteiger partial charge is 0.327 e. The highest BCUT2D eigenvalue weighted by Crippen LogP contribution is 2.46. The van der Waals surface area contributed by atoms with Gasteiger partial charge in [-0.2, -0.15) is 0 Å². The van der Waals surface area contributed by atoms with Crippen LogP contribution < -0.4 is 5.73 Å². The van der Waals surface area contributed by atoms with Crippen molar-refractivity contribution >= 4 is 0 Å². The van der Waals surface area contributed by atoms with Crippen molar-refractivity contribution in [1.29, 1.82) is 0 Å². The van der Waals surface area contributed by atoms with E-state index in [4.69, 9.17) is 5.73 Å². The summed E-state index contributed by atoms with van der Waals surface area (Å²) in [6.07, 6.45) is 17.5. The predicted octanol–water partition coefficient (Wildman–Crippen LogP) is 4.68. The summed E-state index contributed by atoms with van der Waals surface area (Å²) >= 11 is 0. The molecule has 2 heteroatoms. The summed E-state index contributed by atoms with van der Waals surface area (Å²) in [7, 11) is 4.49. The number of nitrogens with zero attached hydrogens (tertiary/aromatic N) is 1. The van der Waals surface area contributed by atoms with Crippen molar-refractivity contribution in [2.45, 2.75) is 83.1 Å². The first-order valence-corrected chi connectivity index (χ1v) is 10.6. The molecule has 134 valence electrons. The van der Waals surface area contributed by atoms with E-state index in [1.54, 1.807) is 0 Å². The molecule has 0 spiro atoms. The van der Waals surface area contributed by atoms with Crippen LogP contribution in [0.1, 0.15) is 77.0 Å². The van der Waals surface area contributed by atoms with Gasteiger partial charge in [-0.15, -0.1) is 0 Å². The van der Waals surface area contributed by atoms with Crippen molar-refractivity contribution in [1.82, 2.24) is 4.90 Å². The molecule has 5 atom stereocenters. The SMILES string of the molecule is CN(C)C[C@H](C1CCC2CCCCC2C1)[C@H](N)C1CCCCC1. The van der Waals surface area contributed by atoms with Gasteiger partial charge in [-0.25, -0.2) is 0 Å². The molecule has 3 aliphatic rings. The molecular weight excluding hydrogens is 280 g/mol. The minimum atomic E-state index is 0.447. The summed E-state index contributed by atoms with van der Waals surface area (Å²) in [5.41, 5.74) is 6.91. The molecule has 0 bridgehead atoms. The van der Waals surface area contributed by atoms with Crippen LogP contribution >= 0.6 is 0 Å². The molecule has 0 aliphatic heterocycles. The highest BCUT2D eigenvalue weighted by Gasteiger charge is 2.39. The van der Waals surface area contributed by atoms with Crippen molar-refractivity contribution in [3.63, 3.8) is 0 Å². The Hall–Kier alpha value is -0.0800. The maximum Gasteiger partial charge on any atom is 0.0110 e. The Labute approximate surface area is 144 Å². The van der Waals surface area contributed by atoms with Crippen LogP contribution in [0.5, 0.6) is 0 Å². The fraction of sp³-hybridized carbons (Fsp3) is 1.00. The fourth-order valence-electron chi connectivity index (χ4n) is 6.17. The molecule has 0 aromatic heterocycles. The lowest BCUT2D eigenvalue weighted by Gasteiger charge is -2.45. The Morgan fingerprint density at radius 3 is 2.13 bits per heavy atom. The number of hydrogen-bond acceptors (Lipinski definition) is 2. The molecule has 2 N–H and O–H groups in total. The third-order valence-corrected chi connectivity index (χ3v) is 7.45. The summed E-state index contributed by atoms with van der Waals surface area (Å²) in [5.74, 6) is 4.53. The Morgan fingerprint density at radius 2 is 1.43 bits per heavy atom. The third-order valence-electron chi connectivity index (χ3n) is 7.45. The van der Waals surface area contributed by atoms with Gasteiger partial charge in [0.2, 0.25) is 0 Å². The number of fused-ring (bicyclic) bond motifs is 1. The van der Waals surface area contributed by atoms with Gasteiger partial charge in [-0.1, -0.05) is 44.9 Å². The van der Waals surface area contributed by atoms with Gasteiger partial charge in [-0.3, -0.25) is 0 Å². The van der Waals surface area contributed by atoms with Gasteiger partial charge in [0, 0.05) is 12.6 Å². The van der Waals surface area contributed by atoms with Crippen LogP contribution in [0.25, 0.3) is 0 Å². The average molecular weight is 321 g/mol. The van der Waals surface area contributed by atoms with Gasteiger partial charge in [0.05, 0.1) is 0 Å². The molecule has 0 radical (unpaired) electrons. The van der Waals surface area contributed by atoms with Gasteiger partial charge >= 0.3 is 0 Å². The molecule has 0 saturated heterocycles. The smallest absolute Gasteiger partial charge is 0.0110 e. The van der Waals surface area contributed by atoms with E-state index < -0.39 is 0 Å². The van der Waals surface area contributed by atoms with E-state index in [0.717, 1.165) is 29.6 Å². The lowest BCUT2D eigenvalue weighted by Crippen LogP contribution is -2.48. The minimum Gasteiger partial charge on any atom is -0.327 e. The molecule has 3 unspecified atom stereocenters. The van der Waals surface area contributed by atoms with Gasteiger partial charge in [0.15, 0.2) is 0 Å². The first-order chi connectivity index (χ1) is 11.1. The Balaban J connectivity index is 1.65. The lowest BCUT2D eigenvalue weighted by atomic mass is 9.62. The van der Waals surface area contributed by atoms with E-state index in [-0.39, 0.29) is 0 Å². The zero-order chi connectivity index (χ0) is 16.2. The van der Waals surface area contributed by atoms with Crippen molar-refractivity contribution in [2.24, 2.45) is 35.3 Å². The molecule has 3 rings (SSSR count). The first kappa shape index (κ1) is 17.7. The van der Waals surface area contributed by atoms with E-state index in [1.165, 1.54) is 83.6 Å². The summed E-state index contributed by atoms with van der Waals surface area (Å²) in [4.78, 5) is 2.40. The minimum absolute atomic E-state index is 0.447. The first-order valence-electron chi connectivity index (χ1n) is 10.6. The van der Waals surface area contributed by atoms with Crippen LogP contribution in [0.4, 0.5) is 0 Å². The zero-order valence-corrected chi connectivity index (χ0v) is 15.7. The fourth-order valence-corrected chi connectivity index (χ4v) is 6.17. The second kappa shape index (κ2) is 8.34. The quantitative estimate of drug-likeness (QED) is 0.797. The molecule has 0 heterocycles. The van der Waals surface area contributed by atoms with Crippen LogP contribution in [-0.2, 0) is 0 Å². The molecule has 0 amide bonds. The van der Waals surface area contributed by atoms with E-state index in [0.29, 0.717) is 6.04 Å². The molecular formula is C21H40N2. The standard InChI is InChI=1S/C21H40N2/c1-23(2)15-20(21(22)17-9-4-3-5-10-17)19-13-12-16-8-6-7-11-18(16)14-19/h16-21H,3-15,22H2,1-2H3/t16?,18?,19?,20-,21-/m1/s1. The van der Waals surface area contributed by atoms with Crippen molar-refractivity contribution in [3.8, 4) is 0 Å². The van der Waals surface area contributed by atoms with E-state index in [2.05, 4.69) is 19.0 Å². The Morgan fingerprint density at radius 1 is 0.783 bits per heavy atom. The lowest BCUT2D eigenvalue weighted by molar-refractivity contribution is 0.0650. The van der Waals surface area contributed by atoms with E-state index in [1.807, 2.05) is 0 Å². The summed E-state index contributed by atoms with van der Waals surface area (Å²) in [6, 6.07) is 0.447. The summed E-state index contributed by atoms with van der Waals surface area (Å²) in [5, 5.41) is 0. The monoisotopic (exact) mass is 320 g/mol. The molecule has 0 aromatic carbocycles. The van der Waals surface area contributed by atoms with Crippen LogP contribution in [-0.4, -0.2) is 31.6 Å². The molecule has 23 heavy (non-hydrogen) atoms. The highest BCUT2D eigenvalue weighted by atomic mass is 15.1. The Bertz CT molecular complexity index is 348. The molecule has 3 aliphatic carbocycles. The molecule has 2 nitrogen and oxygen atoms in total. The number of nitrogens with two attached hydrogens (primary N) is 1. The van der Waals surface area contributed by atoms with Crippen LogP contribution in [0.3, 0.4) is 0 Å². The topological polar surface area (TPSA) is 29.3 Å². The number of hydrogen-bond donors (Lipinski definition) is 1. The predicted molar refractivity (Wildman–Crippen MR) is 99.4 cm³/mol. The highest BCUT2D eigenvalue weighted by molar-refractivity contribution is 4.92. The second-order valence-corrected chi connectivity index (χ2v) is 9.28. The third kappa shape index (κ3) is 4.51. The van der Waals surface area contributed by atoms with Crippen LogP contribution in [0.15, 0.2) is 0 Å². The van der Waals surface area contributed by atoms with Crippen LogP contribution in [0, 0.1) is 29.6 Å². The number of rotatable bonds is 5. The van der Waals surface area contributed by atoms with Crippen LogP contribution in [0.2, 0.25) is 0 Å². The molecule has 3 fully saturated rings. The van der Waals surface area contributed by atoms with E-state index >= 15 is 0 Å². The van der Waals surface area contributed by atoms with Crippen molar-refractivity contribution in [3.05, 3.63) is 0 Å². The molecule has 0 aromatic rings. The van der Waals surface area contributed by atoms with Gasteiger partial charge < -0.3 is 10.6 Å². The van der Waals surface area contributed by atoms with Gasteiger partial charge in [-0.05, 0) is 75.8 Å². The Kier molecular flexibility index (Phi) is 6.43. The van der Waals surface area contributed by atoms with Crippen molar-refractivity contribution < 1.29 is 0 Å². The van der Waals surface area contributed by atoms with Crippen molar-refractivity contribution in [2.75, 3.05) is 20.6 Å². The maximum absolute atomic E-state index is 6.91. The maximum atomic E-state index is 6.91. The molecule has 3 saturated carbocycles. The average Bonchev–Trinajstić information content (AvgIpc) is 2.59. The summed E-state index contributed by atoms with van der Waals surface area (Å²) < 4.78 is 0. The van der Waals surface area contributed by atoms with Gasteiger partial charge in [0.25, 0.3) is 0 Å². The van der Waals surface area contributed by atoms with E-state index in [9.17, 15) is 0 Å². The zero-order valence-electron chi connectivity index (χ0n) is 15.7. The normalized spacial score (nSPS) is 35.7. The summed E-state index contributed by atoms with van der Waals surface area (Å²) in [6.45, 7) is 1.21. The second-order valence-electron chi connectivity index (χ2n) is 9.28. The van der Waals surface area contributed by atoms with Gasteiger partial charge in [0.1, 0.15) is 0 Å².